The number of nitrogens with zero attached hydrogens (tertiary/aromatic N) is 7. The molecule has 0 saturated carbocycles. The first kappa shape index (κ1) is 18.1. The number of sulfonamides is 1. The van der Waals surface area contributed by atoms with Gasteiger partial charge in [-0.1, -0.05) is 0 Å². The third kappa shape index (κ3) is 3.75. The monoisotopic (exact) mass is 392 g/mol. The summed E-state index contributed by atoms with van der Waals surface area (Å²) in [6.45, 7) is 5.93. The Morgan fingerprint density at radius 2 is 1.52 bits per heavy atom. The molecule has 0 bridgehead atoms. The SMILES string of the molecule is CN1CCN(c2cc(N3CCN(S(=O)(=O)c4cnc[nH]4)CC3)ncn2)CC1. The van der Waals surface area contributed by atoms with Crippen LogP contribution >= 0.6 is 0 Å². The summed E-state index contributed by atoms with van der Waals surface area (Å²) in [4.78, 5) is 22.0. The molecular formula is C16H24N8O2S. The fraction of sp³-hybridized carbons (Fsp3) is 0.562. The Labute approximate surface area is 158 Å². The summed E-state index contributed by atoms with van der Waals surface area (Å²) in [5.41, 5.74) is 0. The van der Waals surface area contributed by atoms with Crippen LogP contribution in [0.25, 0.3) is 0 Å². The second-order valence-electron chi connectivity index (χ2n) is 6.83. The van der Waals surface area contributed by atoms with Crippen LogP contribution in [-0.2, 0) is 10.0 Å². The van der Waals surface area contributed by atoms with Crippen LogP contribution in [0.3, 0.4) is 0 Å². The number of aromatic amines is 1. The van der Waals surface area contributed by atoms with Gasteiger partial charge in [0.15, 0.2) is 5.03 Å². The summed E-state index contributed by atoms with van der Waals surface area (Å²) < 4.78 is 26.6. The molecule has 4 rings (SSSR count). The third-order valence-corrected chi connectivity index (χ3v) is 6.94. The molecule has 0 aliphatic carbocycles. The van der Waals surface area contributed by atoms with Gasteiger partial charge in [-0.25, -0.2) is 23.4 Å². The minimum Gasteiger partial charge on any atom is -0.354 e. The first-order valence-electron chi connectivity index (χ1n) is 9.03. The molecule has 0 aromatic carbocycles. The lowest BCUT2D eigenvalue weighted by Crippen LogP contribution is -2.49. The molecule has 27 heavy (non-hydrogen) atoms. The molecule has 1 N–H and O–H groups in total. The van der Waals surface area contributed by atoms with Gasteiger partial charge in [0, 0.05) is 58.4 Å². The Balaban J connectivity index is 1.42. The first-order chi connectivity index (χ1) is 13.0. The largest absolute Gasteiger partial charge is 0.354 e. The number of nitrogens with one attached hydrogen (secondary N) is 1. The van der Waals surface area contributed by atoms with Crippen LogP contribution in [0.5, 0.6) is 0 Å². The van der Waals surface area contributed by atoms with Crippen molar-refractivity contribution in [2.24, 2.45) is 0 Å². The Morgan fingerprint density at radius 1 is 0.926 bits per heavy atom. The van der Waals surface area contributed by atoms with Crippen molar-refractivity contribution in [1.82, 2.24) is 29.1 Å². The van der Waals surface area contributed by atoms with Gasteiger partial charge in [-0.15, -0.1) is 0 Å². The van der Waals surface area contributed by atoms with Gasteiger partial charge in [-0.05, 0) is 7.05 Å². The summed E-state index contributed by atoms with van der Waals surface area (Å²) in [7, 11) is -1.39. The molecule has 0 radical (unpaired) electrons. The van der Waals surface area contributed by atoms with Crippen molar-refractivity contribution >= 4 is 21.7 Å². The lowest BCUT2D eigenvalue weighted by Gasteiger charge is -2.35. The molecule has 2 aromatic heterocycles. The van der Waals surface area contributed by atoms with Crippen molar-refractivity contribution in [3.63, 3.8) is 0 Å². The van der Waals surface area contributed by atoms with E-state index in [0.29, 0.717) is 26.2 Å². The fourth-order valence-corrected chi connectivity index (χ4v) is 4.72. The van der Waals surface area contributed by atoms with Gasteiger partial charge in [-0.2, -0.15) is 4.31 Å². The minimum atomic E-state index is -3.51. The van der Waals surface area contributed by atoms with E-state index in [0.717, 1.165) is 37.8 Å². The zero-order chi connectivity index (χ0) is 18.9. The molecule has 10 nitrogen and oxygen atoms in total. The molecule has 2 aromatic rings. The smallest absolute Gasteiger partial charge is 0.260 e. The first-order valence-corrected chi connectivity index (χ1v) is 10.5. The van der Waals surface area contributed by atoms with Crippen molar-refractivity contribution in [1.29, 1.82) is 0 Å². The summed E-state index contributed by atoms with van der Waals surface area (Å²) in [6.07, 6.45) is 4.31. The average Bonchev–Trinajstić information content (AvgIpc) is 3.25. The van der Waals surface area contributed by atoms with E-state index in [1.165, 1.54) is 16.8 Å². The van der Waals surface area contributed by atoms with Crippen molar-refractivity contribution < 1.29 is 8.42 Å². The van der Waals surface area contributed by atoms with Gasteiger partial charge < -0.3 is 19.7 Å². The van der Waals surface area contributed by atoms with E-state index in [9.17, 15) is 8.42 Å². The highest BCUT2D eigenvalue weighted by atomic mass is 32.2. The van der Waals surface area contributed by atoms with Crippen molar-refractivity contribution in [3.05, 3.63) is 24.9 Å². The van der Waals surface area contributed by atoms with Crippen LogP contribution in [0.2, 0.25) is 0 Å². The van der Waals surface area contributed by atoms with Gasteiger partial charge in [0.25, 0.3) is 10.0 Å². The zero-order valence-corrected chi connectivity index (χ0v) is 16.1. The van der Waals surface area contributed by atoms with E-state index in [2.05, 4.69) is 41.7 Å². The quantitative estimate of drug-likeness (QED) is 0.741. The van der Waals surface area contributed by atoms with E-state index < -0.39 is 10.0 Å². The molecule has 4 heterocycles. The molecule has 146 valence electrons. The number of anilines is 2. The van der Waals surface area contributed by atoms with Crippen LogP contribution in [-0.4, -0.2) is 97.0 Å². The minimum absolute atomic E-state index is 0.135. The Hall–Kier alpha value is -2.24. The molecule has 2 aliphatic rings. The van der Waals surface area contributed by atoms with Gasteiger partial charge in [-0.3, -0.25) is 0 Å². The Bertz CT molecular complexity index is 856. The fourth-order valence-electron chi connectivity index (χ4n) is 3.40. The maximum absolute atomic E-state index is 12.6. The third-order valence-electron chi connectivity index (χ3n) is 5.12. The summed E-state index contributed by atoms with van der Waals surface area (Å²) in [5, 5.41) is 0.135. The van der Waals surface area contributed by atoms with Crippen LogP contribution in [0.1, 0.15) is 0 Å². The molecule has 0 unspecified atom stereocenters. The Kier molecular flexibility index (Phi) is 4.98. The second-order valence-corrected chi connectivity index (χ2v) is 8.74. The predicted octanol–water partition coefficient (Wildman–Crippen LogP) is -0.538. The molecule has 11 heteroatoms. The number of imidazole rings is 1. The van der Waals surface area contributed by atoms with Crippen molar-refractivity contribution in [2.45, 2.75) is 5.03 Å². The lowest BCUT2D eigenvalue weighted by atomic mass is 10.3. The molecule has 0 atom stereocenters. The summed E-state index contributed by atoms with van der Waals surface area (Å²) in [5.74, 6) is 1.78. The van der Waals surface area contributed by atoms with Gasteiger partial charge in [0.1, 0.15) is 18.0 Å². The summed E-state index contributed by atoms with van der Waals surface area (Å²) >= 11 is 0. The molecule has 0 amide bonds. The normalized spacial score (nSPS) is 20.2. The van der Waals surface area contributed by atoms with E-state index in [1.54, 1.807) is 6.33 Å². The van der Waals surface area contributed by atoms with E-state index in [1.807, 2.05) is 6.07 Å². The zero-order valence-electron chi connectivity index (χ0n) is 15.3. The van der Waals surface area contributed by atoms with Crippen molar-refractivity contribution in [2.75, 3.05) is 69.2 Å². The van der Waals surface area contributed by atoms with Crippen LogP contribution in [0.4, 0.5) is 11.6 Å². The molecule has 2 fully saturated rings. The number of hydrogen-bond donors (Lipinski definition) is 1. The Morgan fingerprint density at radius 3 is 2.07 bits per heavy atom. The van der Waals surface area contributed by atoms with E-state index >= 15 is 0 Å². The predicted molar refractivity (Wildman–Crippen MR) is 101 cm³/mol. The topological polar surface area (TPSA) is 102 Å². The number of aromatic nitrogens is 4. The molecule has 2 saturated heterocycles. The standard InChI is InChI=1S/C16H24N8O2S/c1-21-2-4-22(5-3-21)14-10-15(19-13-18-14)23-6-8-24(9-7-23)27(25,26)16-11-17-12-20-16/h10-13H,2-9H2,1H3,(H,17,20). The highest BCUT2D eigenvalue weighted by Gasteiger charge is 2.30. The van der Waals surface area contributed by atoms with Gasteiger partial charge in [0.05, 0.1) is 12.5 Å². The number of H-pyrrole nitrogens is 1. The number of hydrogen-bond acceptors (Lipinski definition) is 8. The summed E-state index contributed by atoms with van der Waals surface area (Å²) in [6, 6.07) is 2.00. The molecule has 2 aliphatic heterocycles. The number of likely N-dealkylation sites (N-methyl/N-ethyl adjacent to an activating group) is 1. The van der Waals surface area contributed by atoms with Gasteiger partial charge in [0.2, 0.25) is 0 Å². The van der Waals surface area contributed by atoms with Crippen LogP contribution in [0.15, 0.2) is 29.9 Å². The van der Waals surface area contributed by atoms with Gasteiger partial charge >= 0.3 is 0 Å². The maximum Gasteiger partial charge on any atom is 0.260 e. The van der Waals surface area contributed by atoms with Crippen LogP contribution < -0.4 is 9.80 Å². The number of rotatable bonds is 4. The second kappa shape index (κ2) is 7.41. The van der Waals surface area contributed by atoms with Crippen molar-refractivity contribution in [3.8, 4) is 0 Å². The molecular weight excluding hydrogens is 368 g/mol. The van der Waals surface area contributed by atoms with Crippen LogP contribution in [0, 0.1) is 0 Å². The average molecular weight is 392 g/mol. The molecule has 0 spiro atoms. The van der Waals surface area contributed by atoms with E-state index in [4.69, 9.17) is 0 Å². The van der Waals surface area contributed by atoms with E-state index in [-0.39, 0.29) is 5.03 Å². The highest BCUT2D eigenvalue weighted by molar-refractivity contribution is 7.89. The maximum atomic E-state index is 12.6. The lowest BCUT2D eigenvalue weighted by molar-refractivity contribution is 0.312. The number of piperazine rings is 2. The highest BCUT2D eigenvalue weighted by Crippen LogP contribution is 2.22.